The largest absolute Gasteiger partial charge is 0.387 e. The second-order valence-corrected chi connectivity index (χ2v) is 9.79. The fraction of sp³-hybridized carbons (Fsp3) is 0.333. The second-order valence-electron chi connectivity index (χ2n) is 8.44. The summed E-state index contributed by atoms with van der Waals surface area (Å²) >= 11 is 0. The highest BCUT2D eigenvalue weighted by molar-refractivity contribution is 7.85. The van der Waals surface area contributed by atoms with Gasteiger partial charge < -0.3 is 25.7 Å². The van der Waals surface area contributed by atoms with Crippen LogP contribution in [0.2, 0.25) is 0 Å². The molecule has 1 fully saturated rings. The maximum atomic E-state index is 12.3. The van der Waals surface area contributed by atoms with Gasteiger partial charge in [-0.1, -0.05) is 18.2 Å². The van der Waals surface area contributed by atoms with Gasteiger partial charge in [0.05, 0.1) is 12.9 Å². The Kier molecular flexibility index (Phi) is 6.42. The maximum Gasteiger partial charge on any atom is 0.362 e. The zero-order valence-corrected chi connectivity index (χ0v) is 19.9. The van der Waals surface area contributed by atoms with Crippen LogP contribution >= 0.6 is 0 Å². The number of aliphatic hydroxyl groups is 2. The Morgan fingerprint density at radius 1 is 1.27 bits per heavy atom. The molecular formula is C21H23N7O8S. The first kappa shape index (κ1) is 24.8. The minimum absolute atomic E-state index is 0.00541. The average Bonchev–Trinajstić information content (AvgIpc) is 3.53. The number of amides is 1. The molecule has 1 aliphatic heterocycles. The zero-order chi connectivity index (χ0) is 26.3. The minimum Gasteiger partial charge on any atom is -0.387 e. The summed E-state index contributed by atoms with van der Waals surface area (Å²) in [4.78, 5) is 37.5. The number of fused-ring (bicyclic) bond motifs is 2. The van der Waals surface area contributed by atoms with Crippen LogP contribution in [-0.4, -0.2) is 74.0 Å². The van der Waals surface area contributed by atoms with Gasteiger partial charge in [0.2, 0.25) is 11.9 Å². The van der Waals surface area contributed by atoms with Gasteiger partial charge in [-0.3, -0.25) is 23.3 Å². The van der Waals surface area contributed by atoms with E-state index in [4.69, 9.17) is 14.7 Å². The number of aromatic nitrogens is 5. The number of benzene rings is 1. The standard InChI is InChI=1S/C21H23N7O8S/c22-21-25-18-15(19(32)26-21)24-9-28(18)20-17(31)16(30)13(36-20)8-35-37(33,34)27-14(29)6-5-10-7-23-12-4-2-1-3-11(10)12/h1-4,7,9,13,16-17,20,23,30-31H,5-6,8H2,(H,27,29)(H3,22,25,26,32)/t13-,16-,17-,20-/m1/s1. The summed E-state index contributed by atoms with van der Waals surface area (Å²) in [6.45, 7) is -0.706. The number of hydrogen-bond acceptors (Lipinski definition) is 11. The smallest absolute Gasteiger partial charge is 0.362 e. The Bertz CT molecular complexity index is 1630. The number of aliphatic hydroxyl groups excluding tert-OH is 2. The number of aromatic amines is 2. The predicted molar refractivity (Wildman–Crippen MR) is 128 cm³/mol. The number of nitrogens with two attached hydrogens (primary N) is 1. The summed E-state index contributed by atoms with van der Waals surface area (Å²) in [6.07, 6.45) is -2.56. The van der Waals surface area contributed by atoms with E-state index in [-0.39, 0.29) is 23.5 Å². The zero-order valence-electron chi connectivity index (χ0n) is 19.1. The van der Waals surface area contributed by atoms with Crippen molar-refractivity contribution in [2.75, 3.05) is 12.3 Å². The van der Waals surface area contributed by atoms with Gasteiger partial charge in [-0.05, 0) is 18.1 Å². The molecule has 5 rings (SSSR count). The van der Waals surface area contributed by atoms with Crippen LogP contribution in [0.15, 0.2) is 41.6 Å². The van der Waals surface area contributed by atoms with Crippen molar-refractivity contribution in [1.29, 1.82) is 0 Å². The third kappa shape index (κ3) is 4.92. The highest BCUT2D eigenvalue weighted by Gasteiger charge is 2.45. The lowest BCUT2D eigenvalue weighted by Gasteiger charge is -2.16. The minimum atomic E-state index is -4.53. The fourth-order valence-electron chi connectivity index (χ4n) is 4.19. The molecular weight excluding hydrogens is 510 g/mol. The predicted octanol–water partition coefficient (Wildman–Crippen LogP) is -1.19. The molecule has 16 heteroatoms. The van der Waals surface area contributed by atoms with Crippen LogP contribution in [0, 0.1) is 0 Å². The number of nitrogens with zero attached hydrogens (tertiary/aromatic N) is 3. The Hall–Kier alpha value is -3.83. The van der Waals surface area contributed by atoms with Crippen molar-refractivity contribution in [3.8, 4) is 0 Å². The number of nitrogens with one attached hydrogen (secondary N) is 3. The van der Waals surface area contributed by atoms with Crippen LogP contribution in [0.1, 0.15) is 18.2 Å². The summed E-state index contributed by atoms with van der Waals surface area (Å²) < 4.78 is 38.0. The highest BCUT2D eigenvalue weighted by Crippen LogP contribution is 2.31. The molecule has 4 aromatic rings. The van der Waals surface area contributed by atoms with Crippen LogP contribution in [0.3, 0.4) is 0 Å². The van der Waals surface area contributed by atoms with E-state index in [2.05, 4.69) is 19.9 Å². The Morgan fingerprint density at radius 3 is 2.86 bits per heavy atom. The SMILES string of the molecule is Nc1nc2c(ncn2[C@@H]2O[C@H](COS(=O)(=O)NC(=O)CCc3c[nH]c4ccccc34)[C@@H](O)[C@H]2O)c(=O)[nH]1. The van der Waals surface area contributed by atoms with E-state index in [1.165, 1.54) is 10.9 Å². The first-order valence-electron chi connectivity index (χ1n) is 11.1. The Balaban J connectivity index is 1.19. The lowest BCUT2D eigenvalue weighted by Crippen LogP contribution is -2.37. The van der Waals surface area contributed by atoms with Gasteiger partial charge in [0.15, 0.2) is 17.4 Å². The molecule has 15 nitrogen and oxygen atoms in total. The molecule has 4 heterocycles. The third-order valence-electron chi connectivity index (χ3n) is 5.98. The molecule has 196 valence electrons. The number of para-hydroxylation sites is 1. The van der Waals surface area contributed by atoms with Crippen molar-refractivity contribution in [2.45, 2.75) is 37.4 Å². The highest BCUT2D eigenvalue weighted by atomic mass is 32.2. The lowest BCUT2D eigenvalue weighted by molar-refractivity contribution is -0.119. The van der Waals surface area contributed by atoms with Gasteiger partial charge in [-0.2, -0.15) is 13.4 Å². The molecule has 1 aliphatic rings. The van der Waals surface area contributed by atoms with Crippen molar-refractivity contribution in [1.82, 2.24) is 29.2 Å². The van der Waals surface area contributed by atoms with Crippen molar-refractivity contribution in [2.24, 2.45) is 0 Å². The van der Waals surface area contributed by atoms with E-state index >= 15 is 0 Å². The molecule has 0 aliphatic carbocycles. The third-order valence-corrected chi connectivity index (χ3v) is 6.91. The van der Waals surface area contributed by atoms with Crippen LogP contribution < -0.4 is 16.0 Å². The monoisotopic (exact) mass is 533 g/mol. The molecule has 1 amide bonds. The number of ether oxygens (including phenoxy) is 1. The van der Waals surface area contributed by atoms with Crippen LogP contribution in [0.25, 0.3) is 22.1 Å². The van der Waals surface area contributed by atoms with Gasteiger partial charge >= 0.3 is 10.3 Å². The molecule has 0 spiro atoms. The van der Waals surface area contributed by atoms with Gasteiger partial charge in [0, 0.05) is 23.5 Å². The number of anilines is 1. The van der Waals surface area contributed by atoms with Crippen molar-refractivity contribution in [3.05, 3.63) is 52.7 Å². The number of H-pyrrole nitrogens is 2. The molecule has 3 aromatic heterocycles. The van der Waals surface area contributed by atoms with Crippen LogP contribution in [0.5, 0.6) is 0 Å². The summed E-state index contributed by atoms with van der Waals surface area (Å²) in [6, 6.07) is 7.51. The molecule has 0 radical (unpaired) electrons. The van der Waals surface area contributed by atoms with Crippen LogP contribution in [-0.2, 0) is 30.4 Å². The van der Waals surface area contributed by atoms with Crippen LogP contribution in [0.4, 0.5) is 5.95 Å². The van der Waals surface area contributed by atoms with E-state index < -0.39 is 52.9 Å². The molecule has 4 atom stereocenters. The van der Waals surface area contributed by atoms with Crippen molar-refractivity contribution in [3.63, 3.8) is 0 Å². The van der Waals surface area contributed by atoms with E-state index in [0.717, 1.165) is 16.5 Å². The number of nitrogen functional groups attached to an aromatic ring is 1. The summed E-state index contributed by atoms with van der Waals surface area (Å²) in [7, 11) is -4.53. The molecule has 0 unspecified atom stereocenters. The Labute approximate surface area is 208 Å². The molecule has 1 saturated heterocycles. The number of hydrogen-bond donors (Lipinski definition) is 6. The molecule has 0 bridgehead atoms. The fourth-order valence-corrected chi connectivity index (χ4v) is 4.94. The first-order chi connectivity index (χ1) is 17.6. The number of carbonyl (C=O) groups excluding carboxylic acids is 1. The van der Waals surface area contributed by atoms with Gasteiger partial charge in [0.1, 0.15) is 18.3 Å². The summed E-state index contributed by atoms with van der Waals surface area (Å²) in [5.41, 5.74) is 6.64. The molecule has 0 saturated carbocycles. The first-order valence-corrected chi connectivity index (χ1v) is 12.5. The summed E-state index contributed by atoms with van der Waals surface area (Å²) in [5.74, 6) is -0.978. The number of aryl methyl sites for hydroxylation is 1. The van der Waals surface area contributed by atoms with E-state index in [9.17, 15) is 28.2 Å². The topological polar surface area (TPSA) is 228 Å². The van der Waals surface area contributed by atoms with Gasteiger partial charge in [0.25, 0.3) is 5.56 Å². The Morgan fingerprint density at radius 2 is 2.05 bits per heavy atom. The second kappa shape index (κ2) is 9.56. The number of imidazole rings is 1. The average molecular weight is 534 g/mol. The normalized spacial score (nSPS) is 22.1. The van der Waals surface area contributed by atoms with E-state index in [0.29, 0.717) is 6.42 Å². The quantitative estimate of drug-likeness (QED) is 0.158. The van der Waals surface area contributed by atoms with Crippen molar-refractivity contribution >= 4 is 44.2 Å². The maximum absolute atomic E-state index is 12.3. The molecule has 37 heavy (non-hydrogen) atoms. The molecule has 7 N–H and O–H groups in total. The number of carbonyl (C=O) groups is 1. The van der Waals surface area contributed by atoms with Gasteiger partial charge in [-0.25, -0.2) is 9.71 Å². The summed E-state index contributed by atoms with van der Waals surface area (Å²) in [5, 5.41) is 21.8. The van der Waals surface area contributed by atoms with E-state index in [1.54, 1.807) is 6.20 Å². The lowest BCUT2D eigenvalue weighted by atomic mass is 10.1. The van der Waals surface area contributed by atoms with Crippen molar-refractivity contribution < 1.29 is 32.3 Å². The molecule has 1 aromatic carbocycles. The van der Waals surface area contributed by atoms with E-state index in [1.807, 2.05) is 29.0 Å². The van der Waals surface area contributed by atoms with Gasteiger partial charge in [-0.15, -0.1) is 0 Å². The number of rotatable bonds is 8.